The lowest BCUT2D eigenvalue weighted by Crippen LogP contribution is -2.29. The van der Waals surface area contributed by atoms with E-state index in [1.54, 1.807) is 23.0 Å². The van der Waals surface area contributed by atoms with Gasteiger partial charge >= 0.3 is 0 Å². The molecule has 2 atom stereocenters. The van der Waals surface area contributed by atoms with Crippen molar-refractivity contribution in [2.45, 2.75) is 32.2 Å². The standard InChI is InChI=1S/C24H23N7O4/c1-4-31-12-16(10-26-31)19(18-8-6-5-7-15(18)9-25)14(2)22-29-20(21(32)24(34)30(22)3)23(33)28-17-11-27-35-13-17/h5-8,10-14,19,32H,4H2,1-3H3,(H,28,33). The van der Waals surface area contributed by atoms with Gasteiger partial charge in [0.25, 0.3) is 11.5 Å². The summed E-state index contributed by atoms with van der Waals surface area (Å²) >= 11 is 0. The summed E-state index contributed by atoms with van der Waals surface area (Å²) in [7, 11) is 1.48. The fraction of sp³-hybridized carbons (Fsp3) is 0.250. The van der Waals surface area contributed by atoms with Crippen molar-refractivity contribution in [3.63, 3.8) is 0 Å². The highest BCUT2D eigenvalue weighted by Gasteiger charge is 2.31. The van der Waals surface area contributed by atoms with Crippen LogP contribution in [-0.2, 0) is 13.6 Å². The summed E-state index contributed by atoms with van der Waals surface area (Å²) in [4.78, 5) is 30.1. The molecule has 3 aromatic heterocycles. The zero-order valence-electron chi connectivity index (χ0n) is 19.3. The molecule has 0 fully saturated rings. The van der Waals surface area contributed by atoms with Gasteiger partial charge in [-0.15, -0.1) is 0 Å². The third kappa shape index (κ3) is 4.41. The minimum atomic E-state index is -0.787. The van der Waals surface area contributed by atoms with Crippen molar-refractivity contribution in [3.8, 4) is 11.8 Å². The SMILES string of the molecule is CCn1cc(C(c2ccccc2C#N)C(C)c2nc(C(=O)Nc3cnoc3)c(O)c(=O)n2C)cn1. The van der Waals surface area contributed by atoms with E-state index in [9.17, 15) is 20.0 Å². The highest BCUT2D eigenvalue weighted by Crippen LogP contribution is 2.39. The van der Waals surface area contributed by atoms with Gasteiger partial charge in [-0.05, 0) is 24.1 Å². The van der Waals surface area contributed by atoms with Gasteiger partial charge in [-0.3, -0.25) is 18.8 Å². The number of nitrogens with zero attached hydrogens (tertiary/aromatic N) is 6. The fourth-order valence-corrected chi connectivity index (χ4v) is 4.10. The number of rotatable bonds is 7. The first-order valence-electron chi connectivity index (χ1n) is 10.9. The first-order valence-corrected chi connectivity index (χ1v) is 10.9. The number of benzene rings is 1. The topological polar surface area (TPSA) is 152 Å². The van der Waals surface area contributed by atoms with E-state index in [0.29, 0.717) is 12.1 Å². The maximum absolute atomic E-state index is 12.9. The number of amides is 1. The van der Waals surface area contributed by atoms with Gasteiger partial charge in [0.1, 0.15) is 17.8 Å². The quantitative estimate of drug-likeness (QED) is 0.416. The minimum absolute atomic E-state index is 0.249. The molecule has 0 aliphatic carbocycles. The summed E-state index contributed by atoms with van der Waals surface area (Å²) in [5, 5.41) is 30.6. The molecule has 0 radical (unpaired) electrons. The van der Waals surface area contributed by atoms with Crippen LogP contribution in [0, 0.1) is 11.3 Å². The normalized spacial score (nSPS) is 12.6. The number of nitriles is 1. The minimum Gasteiger partial charge on any atom is -0.501 e. The van der Waals surface area contributed by atoms with Crippen molar-refractivity contribution in [1.29, 1.82) is 5.26 Å². The molecule has 3 heterocycles. The van der Waals surface area contributed by atoms with Crippen molar-refractivity contribution >= 4 is 11.6 Å². The molecule has 4 rings (SSSR count). The zero-order valence-corrected chi connectivity index (χ0v) is 19.3. The average Bonchev–Trinajstić information content (AvgIpc) is 3.55. The van der Waals surface area contributed by atoms with Gasteiger partial charge < -0.3 is 14.9 Å². The second kappa shape index (κ2) is 9.64. The van der Waals surface area contributed by atoms with E-state index in [-0.39, 0.29) is 11.5 Å². The fourth-order valence-electron chi connectivity index (χ4n) is 4.10. The van der Waals surface area contributed by atoms with E-state index < -0.39 is 34.7 Å². The van der Waals surface area contributed by atoms with Gasteiger partial charge in [-0.25, -0.2) is 4.98 Å². The monoisotopic (exact) mass is 473 g/mol. The predicted octanol–water partition coefficient (Wildman–Crippen LogP) is 2.75. The predicted molar refractivity (Wildman–Crippen MR) is 125 cm³/mol. The van der Waals surface area contributed by atoms with Crippen molar-refractivity contribution in [2.24, 2.45) is 7.05 Å². The van der Waals surface area contributed by atoms with Crippen molar-refractivity contribution < 1.29 is 14.4 Å². The van der Waals surface area contributed by atoms with Crippen molar-refractivity contribution in [1.82, 2.24) is 24.5 Å². The number of carbonyl (C=O) groups is 1. The number of anilines is 1. The second-order valence-corrected chi connectivity index (χ2v) is 7.99. The van der Waals surface area contributed by atoms with Crippen LogP contribution < -0.4 is 10.9 Å². The summed E-state index contributed by atoms with van der Waals surface area (Å²) in [5.74, 6) is -2.21. The second-order valence-electron chi connectivity index (χ2n) is 7.99. The van der Waals surface area contributed by atoms with E-state index in [4.69, 9.17) is 4.52 Å². The molecule has 11 nitrogen and oxygen atoms in total. The van der Waals surface area contributed by atoms with Crippen LogP contribution in [0.2, 0.25) is 0 Å². The Balaban J connectivity index is 1.85. The molecule has 11 heteroatoms. The molecule has 0 aliphatic rings. The lowest BCUT2D eigenvalue weighted by atomic mass is 9.80. The third-order valence-electron chi connectivity index (χ3n) is 5.87. The highest BCUT2D eigenvalue weighted by molar-refractivity contribution is 6.04. The van der Waals surface area contributed by atoms with E-state index in [2.05, 4.69) is 26.6 Å². The van der Waals surface area contributed by atoms with Gasteiger partial charge in [0.05, 0.1) is 24.0 Å². The summed E-state index contributed by atoms with van der Waals surface area (Å²) in [6, 6.07) is 9.41. The zero-order chi connectivity index (χ0) is 25.1. The molecule has 0 spiro atoms. The maximum atomic E-state index is 12.9. The number of aromatic hydroxyl groups is 1. The van der Waals surface area contributed by atoms with Gasteiger partial charge in [-0.1, -0.05) is 30.3 Å². The van der Waals surface area contributed by atoms with Crippen LogP contribution in [0.1, 0.15) is 58.7 Å². The van der Waals surface area contributed by atoms with E-state index in [1.165, 1.54) is 24.1 Å². The van der Waals surface area contributed by atoms with E-state index in [0.717, 1.165) is 11.1 Å². The molecular formula is C24H23N7O4. The van der Waals surface area contributed by atoms with Crippen molar-refractivity contribution in [3.05, 3.63) is 87.7 Å². The molecule has 0 saturated heterocycles. The van der Waals surface area contributed by atoms with Crippen molar-refractivity contribution in [2.75, 3.05) is 5.32 Å². The van der Waals surface area contributed by atoms with Crippen LogP contribution in [0.25, 0.3) is 0 Å². The molecule has 0 bridgehead atoms. The van der Waals surface area contributed by atoms with Crippen LogP contribution in [0.4, 0.5) is 5.69 Å². The van der Waals surface area contributed by atoms with Crippen LogP contribution in [0.5, 0.6) is 5.75 Å². The summed E-state index contributed by atoms with van der Waals surface area (Å²) < 4.78 is 7.68. The lowest BCUT2D eigenvalue weighted by Gasteiger charge is -2.26. The Labute approximate surface area is 200 Å². The van der Waals surface area contributed by atoms with Gasteiger partial charge in [0.15, 0.2) is 5.69 Å². The van der Waals surface area contributed by atoms with Gasteiger partial charge in [0.2, 0.25) is 5.75 Å². The average molecular weight is 473 g/mol. The molecule has 1 aromatic carbocycles. The van der Waals surface area contributed by atoms with Gasteiger partial charge in [0, 0.05) is 31.6 Å². The Morgan fingerprint density at radius 2 is 2.09 bits per heavy atom. The molecule has 2 unspecified atom stereocenters. The Morgan fingerprint density at radius 1 is 1.31 bits per heavy atom. The number of aromatic nitrogens is 5. The Hall–Kier alpha value is -4.72. The summed E-state index contributed by atoms with van der Waals surface area (Å²) in [5.41, 5.74) is 1.08. The van der Waals surface area contributed by atoms with Crippen LogP contribution >= 0.6 is 0 Å². The Bertz CT molecular complexity index is 1460. The number of hydrogen-bond acceptors (Lipinski definition) is 8. The Kier molecular flexibility index (Phi) is 6.46. The largest absolute Gasteiger partial charge is 0.501 e. The first-order chi connectivity index (χ1) is 16.8. The number of aryl methyl sites for hydroxylation is 1. The highest BCUT2D eigenvalue weighted by atomic mass is 16.5. The molecule has 0 aliphatic heterocycles. The van der Waals surface area contributed by atoms with E-state index in [1.807, 2.05) is 32.2 Å². The smallest absolute Gasteiger partial charge is 0.296 e. The van der Waals surface area contributed by atoms with Crippen LogP contribution in [0.15, 0.2) is 58.4 Å². The number of nitrogens with one attached hydrogen (secondary N) is 1. The molecule has 0 saturated carbocycles. The van der Waals surface area contributed by atoms with E-state index >= 15 is 0 Å². The molecule has 178 valence electrons. The molecule has 1 amide bonds. The number of carbonyl (C=O) groups excluding carboxylic acids is 1. The third-order valence-corrected chi connectivity index (χ3v) is 5.87. The van der Waals surface area contributed by atoms with Crippen LogP contribution in [0.3, 0.4) is 0 Å². The summed E-state index contributed by atoms with van der Waals surface area (Å²) in [6.07, 6.45) is 6.09. The molecular weight excluding hydrogens is 450 g/mol. The molecule has 2 N–H and O–H groups in total. The van der Waals surface area contributed by atoms with Gasteiger partial charge in [-0.2, -0.15) is 10.4 Å². The Morgan fingerprint density at radius 3 is 2.74 bits per heavy atom. The number of hydrogen-bond donors (Lipinski definition) is 2. The lowest BCUT2D eigenvalue weighted by molar-refractivity contribution is 0.101. The summed E-state index contributed by atoms with van der Waals surface area (Å²) in [6.45, 7) is 4.47. The molecule has 35 heavy (non-hydrogen) atoms. The first kappa shape index (κ1) is 23.4. The van der Waals surface area contributed by atoms with Crippen LogP contribution in [-0.4, -0.2) is 35.5 Å². The molecule has 4 aromatic rings. The maximum Gasteiger partial charge on any atom is 0.296 e.